The van der Waals surface area contributed by atoms with Gasteiger partial charge >= 0.3 is 0 Å². The summed E-state index contributed by atoms with van der Waals surface area (Å²) in [6.45, 7) is 3.76. The summed E-state index contributed by atoms with van der Waals surface area (Å²) >= 11 is 0. The molecule has 102 valence electrons. The first-order valence-corrected chi connectivity index (χ1v) is 6.80. The van der Waals surface area contributed by atoms with E-state index in [0.29, 0.717) is 5.69 Å². The first-order chi connectivity index (χ1) is 9.72. The molecule has 2 N–H and O–H groups in total. The van der Waals surface area contributed by atoms with E-state index in [1.54, 1.807) is 6.07 Å². The summed E-state index contributed by atoms with van der Waals surface area (Å²) in [6.07, 6.45) is 1.04. The number of pyridine rings is 1. The van der Waals surface area contributed by atoms with Crippen LogP contribution in [0.5, 0.6) is 0 Å². The Morgan fingerprint density at radius 2 is 2.15 bits per heavy atom. The van der Waals surface area contributed by atoms with Gasteiger partial charge in [-0.25, -0.2) is 4.98 Å². The van der Waals surface area contributed by atoms with Gasteiger partial charge in [0.1, 0.15) is 5.69 Å². The number of nitrogens with one attached hydrogen (secondary N) is 2. The summed E-state index contributed by atoms with van der Waals surface area (Å²) in [6, 6.07) is 11.5. The molecular formula is C16H17N3O. The molecule has 0 saturated heterocycles. The molecule has 0 spiro atoms. The zero-order valence-electron chi connectivity index (χ0n) is 11.4. The normalized spacial score (nSPS) is 13.7. The fourth-order valence-electron chi connectivity index (χ4n) is 2.42. The van der Waals surface area contributed by atoms with E-state index in [9.17, 15) is 4.79 Å². The fraction of sp³-hybridized carbons (Fsp3) is 0.250. The number of benzene rings is 1. The molecule has 1 aromatic carbocycles. The molecule has 0 bridgehead atoms. The lowest BCUT2D eigenvalue weighted by Crippen LogP contribution is -2.23. The zero-order valence-corrected chi connectivity index (χ0v) is 11.4. The van der Waals surface area contributed by atoms with Crippen molar-refractivity contribution in [2.75, 3.05) is 11.9 Å². The van der Waals surface area contributed by atoms with Crippen LogP contribution in [-0.4, -0.2) is 17.4 Å². The molecule has 1 amide bonds. The molecule has 0 fully saturated rings. The SMILES string of the molecule is Cc1cccc(C(=O)Nc2ccc3c(c2)CNCC3)n1. The van der Waals surface area contributed by atoms with E-state index in [1.165, 1.54) is 11.1 Å². The van der Waals surface area contributed by atoms with Gasteiger partial charge < -0.3 is 10.6 Å². The van der Waals surface area contributed by atoms with Gasteiger partial charge in [0, 0.05) is 17.9 Å². The highest BCUT2D eigenvalue weighted by molar-refractivity contribution is 6.02. The Bertz CT molecular complexity index is 652. The van der Waals surface area contributed by atoms with Crippen LogP contribution in [0.4, 0.5) is 5.69 Å². The maximum atomic E-state index is 12.1. The largest absolute Gasteiger partial charge is 0.321 e. The number of anilines is 1. The number of carbonyl (C=O) groups is 1. The standard InChI is InChI=1S/C16H17N3O/c1-11-3-2-4-15(18-11)16(20)19-14-6-5-12-7-8-17-10-13(12)9-14/h2-6,9,17H,7-8,10H2,1H3,(H,19,20). The molecule has 4 heteroatoms. The van der Waals surface area contributed by atoms with Crippen molar-refractivity contribution in [1.29, 1.82) is 0 Å². The van der Waals surface area contributed by atoms with Crippen LogP contribution < -0.4 is 10.6 Å². The molecule has 2 aromatic rings. The first-order valence-electron chi connectivity index (χ1n) is 6.80. The second-order valence-corrected chi connectivity index (χ2v) is 5.03. The van der Waals surface area contributed by atoms with Crippen molar-refractivity contribution in [3.8, 4) is 0 Å². The number of hydrogen-bond donors (Lipinski definition) is 2. The molecule has 1 aliphatic heterocycles. The topological polar surface area (TPSA) is 54.0 Å². The Kier molecular flexibility index (Phi) is 3.48. The van der Waals surface area contributed by atoms with Crippen LogP contribution in [0, 0.1) is 6.92 Å². The fourth-order valence-corrected chi connectivity index (χ4v) is 2.42. The van der Waals surface area contributed by atoms with Gasteiger partial charge in [0.15, 0.2) is 0 Å². The zero-order chi connectivity index (χ0) is 13.9. The second kappa shape index (κ2) is 5.43. The van der Waals surface area contributed by atoms with Crippen molar-refractivity contribution >= 4 is 11.6 Å². The van der Waals surface area contributed by atoms with Crippen molar-refractivity contribution in [3.63, 3.8) is 0 Å². The predicted molar refractivity (Wildman–Crippen MR) is 78.8 cm³/mol. The van der Waals surface area contributed by atoms with Crippen LogP contribution in [0.3, 0.4) is 0 Å². The van der Waals surface area contributed by atoms with Crippen molar-refractivity contribution < 1.29 is 4.79 Å². The molecule has 0 unspecified atom stereocenters. The van der Waals surface area contributed by atoms with Crippen LogP contribution in [0.1, 0.15) is 27.3 Å². The third kappa shape index (κ3) is 2.70. The Labute approximate surface area is 118 Å². The summed E-state index contributed by atoms with van der Waals surface area (Å²) in [4.78, 5) is 16.4. The highest BCUT2D eigenvalue weighted by Gasteiger charge is 2.11. The van der Waals surface area contributed by atoms with E-state index >= 15 is 0 Å². The first kappa shape index (κ1) is 12.8. The number of fused-ring (bicyclic) bond motifs is 1. The minimum atomic E-state index is -0.169. The van der Waals surface area contributed by atoms with E-state index in [-0.39, 0.29) is 5.91 Å². The van der Waals surface area contributed by atoms with E-state index in [0.717, 1.165) is 30.9 Å². The average molecular weight is 267 g/mol. The highest BCUT2D eigenvalue weighted by atomic mass is 16.1. The quantitative estimate of drug-likeness (QED) is 0.877. The van der Waals surface area contributed by atoms with Gasteiger partial charge in [-0.15, -0.1) is 0 Å². The number of nitrogens with zero attached hydrogens (tertiary/aromatic N) is 1. The summed E-state index contributed by atoms with van der Waals surface area (Å²) in [5, 5.41) is 6.24. The summed E-state index contributed by atoms with van der Waals surface area (Å²) in [5.74, 6) is -0.169. The Morgan fingerprint density at radius 3 is 3.00 bits per heavy atom. The number of aryl methyl sites for hydroxylation is 1. The molecule has 2 heterocycles. The average Bonchev–Trinajstić information content (AvgIpc) is 2.47. The molecule has 0 aliphatic carbocycles. The molecule has 1 aromatic heterocycles. The van der Waals surface area contributed by atoms with Gasteiger partial charge in [-0.1, -0.05) is 12.1 Å². The van der Waals surface area contributed by atoms with Gasteiger partial charge in [-0.3, -0.25) is 4.79 Å². The van der Waals surface area contributed by atoms with Crippen LogP contribution in [-0.2, 0) is 13.0 Å². The van der Waals surface area contributed by atoms with Crippen molar-refractivity contribution in [3.05, 3.63) is 58.9 Å². The van der Waals surface area contributed by atoms with Crippen molar-refractivity contribution in [2.24, 2.45) is 0 Å². The number of hydrogen-bond acceptors (Lipinski definition) is 3. The van der Waals surface area contributed by atoms with Gasteiger partial charge in [0.05, 0.1) is 0 Å². The number of aromatic nitrogens is 1. The molecule has 0 atom stereocenters. The smallest absolute Gasteiger partial charge is 0.274 e. The molecule has 1 aliphatic rings. The van der Waals surface area contributed by atoms with Gasteiger partial charge in [-0.05, 0) is 55.3 Å². The highest BCUT2D eigenvalue weighted by Crippen LogP contribution is 2.19. The lowest BCUT2D eigenvalue weighted by Gasteiger charge is -2.18. The van der Waals surface area contributed by atoms with E-state index in [2.05, 4.69) is 21.7 Å². The molecule has 0 radical (unpaired) electrons. The van der Waals surface area contributed by atoms with Gasteiger partial charge in [0.25, 0.3) is 5.91 Å². The minimum Gasteiger partial charge on any atom is -0.321 e. The molecular weight excluding hydrogens is 250 g/mol. The number of rotatable bonds is 2. The monoisotopic (exact) mass is 267 g/mol. The van der Waals surface area contributed by atoms with Crippen LogP contribution in [0.25, 0.3) is 0 Å². The summed E-state index contributed by atoms with van der Waals surface area (Å²) in [5.41, 5.74) is 4.72. The molecule has 0 saturated carbocycles. The number of carbonyl (C=O) groups excluding carboxylic acids is 1. The van der Waals surface area contributed by atoms with Crippen LogP contribution >= 0.6 is 0 Å². The van der Waals surface area contributed by atoms with Crippen LogP contribution in [0.2, 0.25) is 0 Å². The summed E-state index contributed by atoms with van der Waals surface area (Å²) in [7, 11) is 0. The third-order valence-corrected chi connectivity index (χ3v) is 3.47. The lowest BCUT2D eigenvalue weighted by atomic mass is 10.0. The maximum Gasteiger partial charge on any atom is 0.274 e. The third-order valence-electron chi connectivity index (χ3n) is 3.47. The van der Waals surface area contributed by atoms with Crippen molar-refractivity contribution in [2.45, 2.75) is 19.9 Å². The lowest BCUT2D eigenvalue weighted by molar-refractivity contribution is 0.102. The molecule has 3 rings (SSSR count). The number of amides is 1. The van der Waals surface area contributed by atoms with Crippen LogP contribution in [0.15, 0.2) is 36.4 Å². The minimum absolute atomic E-state index is 0.169. The summed E-state index contributed by atoms with van der Waals surface area (Å²) < 4.78 is 0. The van der Waals surface area contributed by atoms with E-state index < -0.39 is 0 Å². The van der Waals surface area contributed by atoms with Crippen molar-refractivity contribution in [1.82, 2.24) is 10.3 Å². The Balaban J connectivity index is 1.79. The second-order valence-electron chi connectivity index (χ2n) is 5.03. The van der Waals surface area contributed by atoms with E-state index in [4.69, 9.17) is 0 Å². The maximum absolute atomic E-state index is 12.1. The predicted octanol–water partition coefficient (Wildman–Crippen LogP) is 2.29. The van der Waals surface area contributed by atoms with Gasteiger partial charge in [-0.2, -0.15) is 0 Å². The van der Waals surface area contributed by atoms with Gasteiger partial charge in [0.2, 0.25) is 0 Å². The Hall–Kier alpha value is -2.20. The molecule has 4 nitrogen and oxygen atoms in total. The molecule has 20 heavy (non-hydrogen) atoms. The van der Waals surface area contributed by atoms with E-state index in [1.807, 2.05) is 31.2 Å². The Morgan fingerprint density at radius 1 is 1.25 bits per heavy atom.